The molecular weight excluding hydrogens is 214 g/mol. The first-order chi connectivity index (χ1) is 6.79. The van der Waals surface area contributed by atoms with Gasteiger partial charge in [-0.1, -0.05) is 0 Å². The molecular formula is C9H9F4NO. The molecule has 0 saturated carbocycles. The van der Waals surface area contributed by atoms with Crippen LogP contribution >= 0.6 is 0 Å². The van der Waals surface area contributed by atoms with E-state index in [9.17, 15) is 17.6 Å². The maximum atomic E-state index is 12.7. The second-order valence-corrected chi connectivity index (χ2v) is 3.02. The van der Waals surface area contributed by atoms with Crippen LogP contribution in [0, 0.1) is 5.82 Å². The van der Waals surface area contributed by atoms with Crippen molar-refractivity contribution in [2.75, 3.05) is 0 Å². The van der Waals surface area contributed by atoms with Gasteiger partial charge >= 0.3 is 6.36 Å². The molecule has 6 heteroatoms. The van der Waals surface area contributed by atoms with Crippen LogP contribution in [0.3, 0.4) is 0 Å². The molecule has 0 aliphatic carbocycles. The van der Waals surface area contributed by atoms with Gasteiger partial charge in [-0.3, -0.25) is 0 Å². The van der Waals surface area contributed by atoms with Crippen molar-refractivity contribution < 1.29 is 22.3 Å². The fraction of sp³-hybridized carbons (Fsp3) is 0.333. The van der Waals surface area contributed by atoms with Crippen LogP contribution in [0.25, 0.3) is 0 Å². The number of alkyl halides is 3. The van der Waals surface area contributed by atoms with Crippen molar-refractivity contribution in [1.29, 1.82) is 0 Å². The summed E-state index contributed by atoms with van der Waals surface area (Å²) in [7, 11) is 0. The molecule has 0 saturated heterocycles. The molecule has 84 valence electrons. The first kappa shape index (κ1) is 11.8. The predicted molar refractivity (Wildman–Crippen MR) is 45.7 cm³/mol. The fourth-order valence-corrected chi connectivity index (χ4v) is 1.09. The van der Waals surface area contributed by atoms with Crippen molar-refractivity contribution in [3.8, 4) is 5.75 Å². The minimum atomic E-state index is -4.80. The monoisotopic (exact) mass is 223 g/mol. The molecule has 2 nitrogen and oxygen atoms in total. The summed E-state index contributed by atoms with van der Waals surface area (Å²) in [5, 5.41) is 0. The summed E-state index contributed by atoms with van der Waals surface area (Å²) in [5.41, 5.74) is 5.37. The molecule has 1 unspecified atom stereocenters. The lowest BCUT2D eigenvalue weighted by Gasteiger charge is -2.15. The minimum Gasteiger partial charge on any atom is -0.405 e. The SMILES string of the molecule is CC(N)c1cc(F)ccc1OC(F)(F)F. The Labute approximate surface area is 83.6 Å². The van der Waals surface area contributed by atoms with E-state index < -0.39 is 24.0 Å². The zero-order valence-electron chi connectivity index (χ0n) is 7.81. The summed E-state index contributed by atoms with van der Waals surface area (Å²) >= 11 is 0. The number of hydrogen-bond acceptors (Lipinski definition) is 2. The Balaban J connectivity index is 3.06. The van der Waals surface area contributed by atoms with Crippen LogP contribution < -0.4 is 10.5 Å². The van der Waals surface area contributed by atoms with Gasteiger partial charge in [0.2, 0.25) is 0 Å². The van der Waals surface area contributed by atoms with Gasteiger partial charge in [0.15, 0.2) is 0 Å². The smallest absolute Gasteiger partial charge is 0.405 e. The molecule has 0 aromatic heterocycles. The molecule has 1 aromatic carbocycles. The summed E-state index contributed by atoms with van der Waals surface area (Å²) < 4.78 is 52.2. The Morgan fingerprint density at radius 3 is 2.40 bits per heavy atom. The summed E-state index contributed by atoms with van der Waals surface area (Å²) in [6.45, 7) is 1.44. The average Bonchev–Trinajstić information content (AvgIpc) is 2.05. The number of benzene rings is 1. The van der Waals surface area contributed by atoms with E-state index in [1.807, 2.05) is 0 Å². The van der Waals surface area contributed by atoms with E-state index in [4.69, 9.17) is 5.73 Å². The van der Waals surface area contributed by atoms with Crippen molar-refractivity contribution in [1.82, 2.24) is 0 Å². The topological polar surface area (TPSA) is 35.2 Å². The standard InChI is InChI=1S/C9H9F4NO/c1-5(14)7-4-6(10)2-3-8(7)15-9(11,12)13/h2-5H,14H2,1H3. The molecule has 1 rings (SSSR count). The van der Waals surface area contributed by atoms with Gasteiger partial charge in [-0.15, -0.1) is 13.2 Å². The first-order valence-corrected chi connectivity index (χ1v) is 4.10. The van der Waals surface area contributed by atoms with Crippen molar-refractivity contribution in [2.45, 2.75) is 19.3 Å². The lowest BCUT2D eigenvalue weighted by molar-refractivity contribution is -0.275. The van der Waals surface area contributed by atoms with Crippen LogP contribution in [-0.4, -0.2) is 6.36 Å². The Morgan fingerprint density at radius 2 is 1.93 bits per heavy atom. The summed E-state index contributed by atoms with van der Waals surface area (Å²) in [4.78, 5) is 0. The third-order valence-corrected chi connectivity index (χ3v) is 1.69. The summed E-state index contributed by atoms with van der Waals surface area (Å²) in [6.07, 6.45) is -4.80. The van der Waals surface area contributed by atoms with Crippen molar-refractivity contribution in [3.05, 3.63) is 29.6 Å². The Morgan fingerprint density at radius 1 is 1.33 bits per heavy atom. The predicted octanol–water partition coefficient (Wildman–Crippen LogP) is 2.74. The van der Waals surface area contributed by atoms with Gasteiger partial charge in [0.05, 0.1) is 0 Å². The molecule has 0 fully saturated rings. The quantitative estimate of drug-likeness (QED) is 0.782. The lowest BCUT2D eigenvalue weighted by atomic mass is 10.1. The van der Waals surface area contributed by atoms with Gasteiger partial charge in [0.25, 0.3) is 0 Å². The van der Waals surface area contributed by atoms with E-state index in [-0.39, 0.29) is 5.56 Å². The van der Waals surface area contributed by atoms with Gasteiger partial charge in [0.1, 0.15) is 11.6 Å². The van der Waals surface area contributed by atoms with Crippen molar-refractivity contribution >= 4 is 0 Å². The molecule has 15 heavy (non-hydrogen) atoms. The molecule has 1 aromatic rings. The highest BCUT2D eigenvalue weighted by Crippen LogP contribution is 2.29. The second-order valence-electron chi connectivity index (χ2n) is 3.02. The molecule has 0 bridgehead atoms. The van der Waals surface area contributed by atoms with E-state index in [2.05, 4.69) is 4.74 Å². The van der Waals surface area contributed by atoms with Gasteiger partial charge in [-0.25, -0.2) is 4.39 Å². The zero-order chi connectivity index (χ0) is 11.6. The van der Waals surface area contributed by atoms with Crippen molar-refractivity contribution in [2.24, 2.45) is 5.73 Å². The van der Waals surface area contributed by atoms with E-state index in [0.717, 1.165) is 18.2 Å². The third-order valence-electron chi connectivity index (χ3n) is 1.69. The van der Waals surface area contributed by atoms with Crippen LogP contribution in [0.1, 0.15) is 18.5 Å². The number of halogens is 4. The van der Waals surface area contributed by atoms with Crippen LogP contribution in [0.5, 0.6) is 5.75 Å². The lowest BCUT2D eigenvalue weighted by Crippen LogP contribution is -2.19. The molecule has 1 atom stereocenters. The zero-order valence-corrected chi connectivity index (χ0v) is 7.81. The number of hydrogen-bond donors (Lipinski definition) is 1. The van der Waals surface area contributed by atoms with E-state index in [1.54, 1.807) is 0 Å². The molecule has 0 heterocycles. The van der Waals surface area contributed by atoms with Gasteiger partial charge in [-0.05, 0) is 25.1 Å². The second kappa shape index (κ2) is 4.06. The highest BCUT2D eigenvalue weighted by atomic mass is 19.4. The number of rotatable bonds is 2. The maximum Gasteiger partial charge on any atom is 0.573 e. The molecule has 2 N–H and O–H groups in total. The van der Waals surface area contributed by atoms with Gasteiger partial charge in [0, 0.05) is 11.6 Å². The van der Waals surface area contributed by atoms with Gasteiger partial charge in [-0.2, -0.15) is 0 Å². The highest BCUT2D eigenvalue weighted by Gasteiger charge is 2.32. The van der Waals surface area contributed by atoms with Crippen LogP contribution in [0.2, 0.25) is 0 Å². The Hall–Kier alpha value is -1.30. The normalized spacial score (nSPS) is 13.7. The molecule has 0 aliphatic heterocycles. The minimum absolute atomic E-state index is 0.0210. The average molecular weight is 223 g/mol. The largest absolute Gasteiger partial charge is 0.573 e. The van der Waals surface area contributed by atoms with E-state index >= 15 is 0 Å². The Bertz CT molecular complexity index is 348. The molecule has 0 aliphatic rings. The Kier molecular flexibility index (Phi) is 3.18. The third kappa shape index (κ3) is 3.39. The van der Waals surface area contributed by atoms with Crippen LogP contribution in [0.4, 0.5) is 17.6 Å². The summed E-state index contributed by atoms with van der Waals surface area (Å²) in [6, 6.07) is 1.97. The molecule has 0 radical (unpaired) electrons. The summed E-state index contributed by atoms with van der Waals surface area (Å²) in [5.74, 6) is -1.13. The van der Waals surface area contributed by atoms with Crippen molar-refractivity contribution in [3.63, 3.8) is 0 Å². The number of nitrogens with two attached hydrogens (primary N) is 1. The van der Waals surface area contributed by atoms with Gasteiger partial charge < -0.3 is 10.5 Å². The fourth-order valence-electron chi connectivity index (χ4n) is 1.09. The van der Waals surface area contributed by atoms with E-state index in [0.29, 0.717) is 0 Å². The molecule has 0 spiro atoms. The maximum absolute atomic E-state index is 12.7. The molecule has 0 amide bonds. The van der Waals surface area contributed by atoms with Crippen LogP contribution in [0.15, 0.2) is 18.2 Å². The van der Waals surface area contributed by atoms with E-state index in [1.165, 1.54) is 6.92 Å². The first-order valence-electron chi connectivity index (χ1n) is 4.10. The number of ether oxygens (including phenoxy) is 1. The van der Waals surface area contributed by atoms with Crippen LogP contribution in [-0.2, 0) is 0 Å². The highest BCUT2D eigenvalue weighted by molar-refractivity contribution is 5.36.